The van der Waals surface area contributed by atoms with Gasteiger partial charge in [-0.3, -0.25) is 9.59 Å². The number of rotatable bonds is 8. The molecule has 0 atom stereocenters. The molecular formula is C16H22N2O5. The van der Waals surface area contributed by atoms with E-state index in [2.05, 4.69) is 10.6 Å². The fraction of sp³-hybridized carbons (Fsp3) is 0.438. The summed E-state index contributed by atoms with van der Waals surface area (Å²) in [6.45, 7) is 3.82. The van der Waals surface area contributed by atoms with Gasteiger partial charge in [-0.2, -0.15) is 0 Å². The molecule has 0 aliphatic rings. The molecule has 0 heterocycles. The largest absolute Gasteiger partial charge is 0.497 e. The molecule has 0 aromatic heterocycles. The summed E-state index contributed by atoms with van der Waals surface area (Å²) in [5, 5.41) is 14.1. The van der Waals surface area contributed by atoms with Gasteiger partial charge in [0.25, 0.3) is 0 Å². The number of anilines is 1. The van der Waals surface area contributed by atoms with Crippen LogP contribution in [-0.2, 0) is 9.59 Å². The van der Waals surface area contributed by atoms with E-state index >= 15 is 0 Å². The number of carbonyl (C=O) groups is 3. The second-order valence-electron chi connectivity index (χ2n) is 5.47. The third kappa shape index (κ3) is 6.37. The minimum Gasteiger partial charge on any atom is -0.497 e. The quantitative estimate of drug-likeness (QED) is 0.678. The summed E-state index contributed by atoms with van der Waals surface area (Å²) >= 11 is 0. The zero-order chi connectivity index (χ0) is 17.4. The van der Waals surface area contributed by atoms with E-state index in [9.17, 15) is 14.4 Å². The van der Waals surface area contributed by atoms with Crippen LogP contribution in [0.2, 0.25) is 0 Å². The average Bonchev–Trinajstić information content (AvgIpc) is 2.51. The third-order valence-electron chi connectivity index (χ3n) is 3.13. The molecule has 0 saturated carbocycles. The number of aromatic carboxylic acids is 1. The number of nitrogens with one attached hydrogen (secondary N) is 2. The maximum Gasteiger partial charge on any atom is 0.337 e. The number of amides is 2. The van der Waals surface area contributed by atoms with Gasteiger partial charge >= 0.3 is 5.97 Å². The first-order chi connectivity index (χ1) is 10.8. The molecular weight excluding hydrogens is 300 g/mol. The number of carboxylic acid groups (broad SMARTS) is 1. The van der Waals surface area contributed by atoms with Crippen LogP contribution >= 0.6 is 0 Å². The first-order valence-electron chi connectivity index (χ1n) is 7.31. The Labute approximate surface area is 135 Å². The molecule has 3 N–H and O–H groups in total. The Balaban J connectivity index is 2.60. The molecule has 0 spiro atoms. The highest BCUT2D eigenvalue weighted by molar-refractivity contribution is 6.02. The van der Waals surface area contributed by atoms with Gasteiger partial charge in [0.15, 0.2) is 0 Å². The maximum atomic E-state index is 11.8. The van der Waals surface area contributed by atoms with E-state index in [1.165, 1.54) is 19.2 Å². The van der Waals surface area contributed by atoms with Crippen LogP contribution in [0.15, 0.2) is 18.2 Å². The van der Waals surface area contributed by atoms with Crippen LogP contribution in [0.3, 0.4) is 0 Å². The van der Waals surface area contributed by atoms with Gasteiger partial charge in [-0.25, -0.2) is 4.79 Å². The Hall–Kier alpha value is -2.57. The average molecular weight is 322 g/mol. The monoisotopic (exact) mass is 322 g/mol. The molecule has 0 fully saturated rings. The number of methoxy groups -OCH3 is 1. The zero-order valence-corrected chi connectivity index (χ0v) is 13.5. The number of ether oxygens (including phenoxy) is 1. The van der Waals surface area contributed by atoms with Crippen LogP contribution in [0.1, 0.15) is 37.0 Å². The van der Waals surface area contributed by atoms with E-state index in [0.717, 1.165) is 6.42 Å². The maximum absolute atomic E-state index is 11.8. The molecule has 0 bridgehead atoms. The lowest BCUT2D eigenvalue weighted by molar-refractivity contribution is -0.124. The van der Waals surface area contributed by atoms with Crippen LogP contribution in [0.4, 0.5) is 5.69 Å². The molecule has 1 rings (SSSR count). The molecule has 1 aromatic carbocycles. The Morgan fingerprint density at radius 3 is 2.48 bits per heavy atom. The van der Waals surface area contributed by atoms with Crippen LogP contribution in [0.25, 0.3) is 0 Å². The number of carbonyl (C=O) groups excluding carboxylic acids is 2. The normalized spacial score (nSPS) is 10.3. The molecule has 126 valence electrons. The molecule has 0 aliphatic heterocycles. The van der Waals surface area contributed by atoms with Crippen molar-refractivity contribution in [2.45, 2.75) is 26.7 Å². The summed E-state index contributed by atoms with van der Waals surface area (Å²) in [7, 11) is 1.42. The summed E-state index contributed by atoms with van der Waals surface area (Å²) in [6.07, 6.45) is 1.10. The summed E-state index contributed by atoms with van der Waals surface area (Å²) in [4.78, 5) is 34.6. The van der Waals surface area contributed by atoms with Gasteiger partial charge < -0.3 is 20.5 Å². The number of hydrogen-bond donors (Lipinski definition) is 3. The minimum atomic E-state index is -1.18. The topological polar surface area (TPSA) is 105 Å². The Kier molecular flexibility index (Phi) is 7.05. The highest BCUT2D eigenvalue weighted by atomic mass is 16.5. The minimum absolute atomic E-state index is 0.0798. The molecule has 2 amide bonds. The van der Waals surface area contributed by atoms with Crippen LogP contribution < -0.4 is 15.4 Å². The Bertz CT molecular complexity index is 584. The van der Waals surface area contributed by atoms with Crippen LogP contribution in [0, 0.1) is 5.92 Å². The zero-order valence-electron chi connectivity index (χ0n) is 13.5. The highest BCUT2D eigenvalue weighted by Gasteiger charge is 2.14. The summed E-state index contributed by atoms with van der Waals surface area (Å²) in [5.41, 5.74) is 0.0727. The van der Waals surface area contributed by atoms with Crippen LogP contribution in [0.5, 0.6) is 5.75 Å². The lowest BCUT2D eigenvalue weighted by atomic mass is 10.1. The SMILES string of the molecule is COc1ccc(NC(=O)CNC(=O)CCC(C)C)c(C(=O)O)c1. The van der Waals surface area contributed by atoms with Crippen molar-refractivity contribution in [2.24, 2.45) is 5.92 Å². The van der Waals surface area contributed by atoms with Gasteiger partial charge in [0, 0.05) is 6.42 Å². The third-order valence-corrected chi connectivity index (χ3v) is 3.13. The van der Waals surface area contributed by atoms with Crippen molar-refractivity contribution in [1.29, 1.82) is 0 Å². The number of hydrogen-bond acceptors (Lipinski definition) is 4. The molecule has 1 aromatic rings. The molecule has 0 unspecified atom stereocenters. The van der Waals surface area contributed by atoms with Gasteiger partial charge in [-0.15, -0.1) is 0 Å². The first kappa shape index (κ1) is 18.5. The van der Waals surface area contributed by atoms with E-state index in [4.69, 9.17) is 9.84 Å². The van der Waals surface area contributed by atoms with Gasteiger partial charge in [-0.1, -0.05) is 13.8 Å². The van der Waals surface area contributed by atoms with E-state index in [1.807, 2.05) is 13.8 Å². The molecule has 0 radical (unpaired) electrons. The van der Waals surface area contributed by atoms with Gasteiger partial charge in [0.2, 0.25) is 11.8 Å². The smallest absolute Gasteiger partial charge is 0.337 e. The molecule has 0 aliphatic carbocycles. The van der Waals surface area contributed by atoms with Crippen molar-refractivity contribution in [3.05, 3.63) is 23.8 Å². The fourth-order valence-corrected chi connectivity index (χ4v) is 1.82. The van der Waals surface area contributed by atoms with Crippen molar-refractivity contribution in [3.8, 4) is 5.75 Å². The number of benzene rings is 1. The predicted octanol–water partition coefficient (Wildman–Crippen LogP) is 1.88. The molecule has 23 heavy (non-hydrogen) atoms. The second-order valence-corrected chi connectivity index (χ2v) is 5.47. The lowest BCUT2D eigenvalue weighted by Gasteiger charge is -2.11. The summed E-state index contributed by atoms with van der Waals surface area (Å²) in [6, 6.07) is 4.31. The lowest BCUT2D eigenvalue weighted by Crippen LogP contribution is -2.33. The summed E-state index contributed by atoms with van der Waals surface area (Å²) < 4.78 is 4.96. The van der Waals surface area contributed by atoms with Gasteiger partial charge in [0.05, 0.1) is 24.9 Å². The van der Waals surface area contributed by atoms with Crippen molar-refractivity contribution >= 4 is 23.5 Å². The number of carboxylic acids is 1. The first-order valence-corrected chi connectivity index (χ1v) is 7.31. The van der Waals surface area contributed by atoms with Gasteiger partial charge in [-0.05, 0) is 30.5 Å². The van der Waals surface area contributed by atoms with Crippen molar-refractivity contribution in [3.63, 3.8) is 0 Å². The molecule has 7 heteroatoms. The van der Waals surface area contributed by atoms with Crippen molar-refractivity contribution in [2.75, 3.05) is 19.0 Å². The van der Waals surface area contributed by atoms with Crippen molar-refractivity contribution < 1.29 is 24.2 Å². The fourth-order valence-electron chi connectivity index (χ4n) is 1.82. The van der Waals surface area contributed by atoms with E-state index in [1.54, 1.807) is 6.07 Å². The molecule has 0 saturated heterocycles. The highest BCUT2D eigenvalue weighted by Crippen LogP contribution is 2.22. The van der Waals surface area contributed by atoms with E-state index in [-0.39, 0.29) is 23.7 Å². The van der Waals surface area contributed by atoms with E-state index in [0.29, 0.717) is 18.1 Å². The van der Waals surface area contributed by atoms with Crippen LogP contribution in [-0.4, -0.2) is 36.5 Å². The Morgan fingerprint density at radius 2 is 1.91 bits per heavy atom. The Morgan fingerprint density at radius 1 is 1.22 bits per heavy atom. The van der Waals surface area contributed by atoms with E-state index < -0.39 is 11.9 Å². The van der Waals surface area contributed by atoms with Gasteiger partial charge in [0.1, 0.15) is 5.75 Å². The second kappa shape index (κ2) is 8.77. The molecule has 7 nitrogen and oxygen atoms in total. The van der Waals surface area contributed by atoms with Crippen molar-refractivity contribution in [1.82, 2.24) is 5.32 Å². The predicted molar refractivity (Wildman–Crippen MR) is 85.7 cm³/mol. The summed E-state index contributed by atoms with van der Waals surface area (Å²) in [5.74, 6) is -1.09. The standard InChI is InChI=1S/C16H22N2O5/c1-10(2)4-7-14(19)17-9-15(20)18-13-6-5-11(23-3)8-12(13)16(21)22/h5-6,8,10H,4,7,9H2,1-3H3,(H,17,19)(H,18,20)(H,21,22).